The first kappa shape index (κ1) is 14.0. The fraction of sp³-hybridized carbons (Fsp3) is 0.571. The van der Waals surface area contributed by atoms with E-state index in [4.69, 9.17) is 5.73 Å². The monoisotopic (exact) mass is 262 g/mol. The van der Waals surface area contributed by atoms with Gasteiger partial charge in [0, 0.05) is 19.3 Å². The quantitative estimate of drug-likeness (QED) is 0.802. The van der Waals surface area contributed by atoms with Gasteiger partial charge in [-0.05, 0) is 44.6 Å². The molecule has 3 N–H and O–H groups in total. The van der Waals surface area contributed by atoms with E-state index >= 15 is 0 Å². The van der Waals surface area contributed by atoms with Crippen molar-refractivity contribution in [3.8, 4) is 0 Å². The van der Waals surface area contributed by atoms with Gasteiger partial charge in [-0.3, -0.25) is 9.78 Å². The van der Waals surface area contributed by atoms with Crippen LogP contribution in [0.2, 0.25) is 0 Å². The summed E-state index contributed by atoms with van der Waals surface area (Å²) in [5.41, 5.74) is 6.29. The van der Waals surface area contributed by atoms with E-state index in [0.29, 0.717) is 0 Å². The van der Waals surface area contributed by atoms with Crippen LogP contribution in [0, 0.1) is 0 Å². The molecule has 1 aliphatic heterocycles. The predicted molar refractivity (Wildman–Crippen MR) is 74.7 cm³/mol. The van der Waals surface area contributed by atoms with E-state index in [1.54, 1.807) is 6.20 Å². The fourth-order valence-corrected chi connectivity index (χ4v) is 2.45. The Balaban J connectivity index is 1.92. The maximum atomic E-state index is 11.6. The number of nitrogens with zero attached hydrogens (tertiary/aromatic N) is 2. The van der Waals surface area contributed by atoms with Gasteiger partial charge in [-0.1, -0.05) is 6.07 Å². The third kappa shape index (κ3) is 4.29. The van der Waals surface area contributed by atoms with Crippen LogP contribution in [0.25, 0.3) is 0 Å². The second-order valence-corrected chi connectivity index (χ2v) is 4.94. The number of carbonyl (C=O) groups excluding carboxylic acids is 1. The maximum absolute atomic E-state index is 11.6. The molecule has 0 aliphatic carbocycles. The zero-order valence-corrected chi connectivity index (χ0v) is 11.2. The number of rotatable bonds is 5. The number of aromatic nitrogens is 1. The molecule has 0 aromatic carbocycles. The Morgan fingerprint density at radius 1 is 1.42 bits per heavy atom. The molecule has 2 heterocycles. The summed E-state index contributed by atoms with van der Waals surface area (Å²) in [7, 11) is 0. The van der Waals surface area contributed by atoms with Gasteiger partial charge in [0.1, 0.15) is 0 Å². The summed E-state index contributed by atoms with van der Waals surface area (Å²) >= 11 is 0. The molecule has 1 aromatic heterocycles. The molecule has 1 saturated heterocycles. The highest BCUT2D eigenvalue weighted by Gasteiger charge is 2.20. The Hall–Kier alpha value is -1.46. The molecule has 104 valence electrons. The molecule has 19 heavy (non-hydrogen) atoms. The predicted octanol–water partition coefficient (Wildman–Crippen LogP) is 0.336. The highest BCUT2D eigenvalue weighted by molar-refractivity contribution is 5.81. The molecule has 0 radical (unpaired) electrons. The minimum absolute atomic E-state index is 0.280. The summed E-state index contributed by atoms with van der Waals surface area (Å²) < 4.78 is 0. The number of hydrogen-bond acceptors (Lipinski definition) is 4. The van der Waals surface area contributed by atoms with E-state index in [0.717, 1.165) is 51.3 Å². The van der Waals surface area contributed by atoms with E-state index in [-0.39, 0.29) is 11.8 Å². The van der Waals surface area contributed by atoms with Crippen LogP contribution in [0.5, 0.6) is 0 Å². The zero-order chi connectivity index (χ0) is 13.5. The number of carbonyl (C=O) groups is 1. The first-order valence-electron chi connectivity index (χ1n) is 6.90. The molecule has 1 amide bonds. The van der Waals surface area contributed by atoms with Crippen LogP contribution < -0.4 is 11.1 Å². The Kier molecular flexibility index (Phi) is 5.30. The van der Waals surface area contributed by atoms with Crippen LogP contribution in [-0.4, -0.2) is 48.5 Å². The second kappa shape index (κ2) is 7.21. The van der Waals surface area contributed by atoms with Crippen LogP contribution in [0.4, 0.5) is 0 Å². The number of hydrogen-bond donors (Lipinski definition) is 2. The van der Waals surface area contributed by atoms with Crippen LogP contribution in [-0.2, 0) is 4.79 Å². The molecule has 0 saturated carbocycles. The lowest BCUT2D eigenvalue weighted by atomic mass is 9.99. The zero-order valence-electron chi connectivity index (χ0n) is 11.2. The Labute approximate surface area is 114 Å². The van der Waals surface area contributed by atoms with E-state index < -0.39 is 0 Å². The Morgan fingerprint density at radius 3 is 3.05 bits per heavy atom. The molecule has 5 nitrogen and oxygen atoms in total. The highest BCUT2D eigenvalue weighted by atomic mass is 16.1. The molecular weight excluding hydrogens is 240 g/mol. The van der Waals surface area contributed by atoms with Crippen molar-refractivity contribution in [3.05, 3.63) is 30.1 Å². The number of pyridine rings is 1. The standard InChI is InChI=1S/C14H22N4O/c15-14(19)12(13-4-1-2-7-17-13)5-10-18-9-3-6-16-8-11-18/h1-2,4,7,12,16H,3,5-6,8-11H2,(H2,15,19). The molecule has 1 aliphatic rings. The number of nitrogens with two attached hydrogens (primary N) is 1. The van der Waals surface area contributed by atoms with Crippen LogP contribution in [0.1, 0.15) is 24.5 Å². The van der Waals surface area contributed by atoms with E-state index in [2.05, 4.69) is 15.2 Å². The fourth-order valence-electron chi connectivity index (χ4n) is 2.45. The normalized spacial score (nSPS) is 18.7. The Morgan fingerprint density at radius 2 is 2.32 bits per heavy atom. The number of amides is 1. The molecule has 0 spiro atoms. The van der Waals surface area contributed by atoms with Gasteiger partial charge in [0.05, 0.1) is 11.6 Å². The summed E-state index contributed by atoms with van der Waals surface area (Å²) in [6.07, 6.45) is 3.61. The smallest absolute Gasteiger partial charge is 0.226 e. The number of primary amides is 1. The van der Waals surface area contributed by atoms with Crippen molar-refractivity contribution < 1.29 is 4.79 Å². The van der Waals surface area contributed by atoms with Crippen molar-refractivity contribution in [1.29, 1.82) is 0 Å². The molecule has 1 unspecified atom stereocenters. The lowest BCUT2D eigenvalue weighted by molar-refractivity contribution is -0.119. The molecule has 5 heteroatoms. The van der Waals surface area contributed by atoms with Gasteiger partial charge in [-0.2, -0.15) is 0 Å². The second-order valence-electron chi connectivity index (χ2n) is 4.94. The molecule has 1 aromatic rings. The largest absolute Gasteiger partial charge is 0.369 e. The Bertz CT molecular complexity index is 388. The summed E-state index contributed by atoms with van der Waals surface area (Å²) in [5, 5.41) is 3.37. The van der Waals surface area contributed by atoms with Crippen LogP contribution in [0.15, 0.2) is 24.4 Å². The first-order valence-corrected chi connectivity index (χ1v) is 6.90. The third-order valence-electron chi connectivity index (χ3n) is 3.55. The average molecular weight is 262 g/mol. The van der Waals surface area contributed by atoms with Crippen LogP contribution >= 0.6 is 0 Å². The maximum Gasteiger partial charge on any atom is 0.226 e. The summed E-state index contributed by atoms with van der Waals surface area (Å²) in [6.45, 7) is 5.11. The summed E-state index contributed by atoms with van der Waals surface area (Å²) in [5.74, 6) is -0.566. The van der Waals surface area contributed by atoms with Gasteiger partial charge >= 0.3 is 0 Å². The van der Waals surface area contributed by atoms with Crippen molar-refractivity contribution in [2.24, 2.45) is 5.73 Å². The summed E-state index contributed by atoms with van der Waals surface area (Å²) in [6, 6.07) is 5.62. The summed E-state index contributed by atoms with van der Waals surface area (Å²) in [4.78, 5) is 18.2. The molecule has 2 rings (SSSR count). The number of nitrogens with one attached hydrogen (secondary N) is 1. The van der Waals surface area contributed by atoms with Gasteiger partial charge in [0.15, 0.2) is 0 Å². The average Bonchev–Trinajstić information content (AvgIpc) is 2.68. The minimum Gasteiger partial charge on any atom is -0.369 e. The van der Waals surface area contributed by atoms with Crippen molar-refractivity contribution in [2.45, 2.75) is 18.8 Å². The van der Waals surface area contributed by atoms with Crippen molar-refractivity contribution in [2.75, 3.05) is 32.7 Å². The van der Waals surface area contributed by atoms with E-state index in [1.165, 1.54) is 0 Å². The van der Waals surface area contributed by atoms with Crippen molar-refractivity contribution in [1.82, 2.24) is 15.2 Å². The molecule has 1 atom stereocenters. The van der Waals surface area contributed by atoms with Crippen molar-refractivity contribution in [3.63, 3.8) is 0 Å². The van der Waals surface area contributed by atoms with E-state index in [1.807, 2.05) is 18.2 Å². The molecule has 0 bridgehead atoms. The van der Waals surface area contributed by atoms with Gasteiger partial charge < -0.3 is 16.0 Å². The van der Waals surface area contributed by atoms with Crippen molar-refractivity contribution >= 4 is 5.91 Å². The van der Waals surface area contributed by atoms with Gasteiger partial charge in [0.25, 0.3) is 0 Å². The van der Waals surface area contributed by atoms with Gasteiger partial charge in [0.2, 0.25) is 5.91 Å². The SMILES string of the molecule is NC(=O)C(CCN1CCCNCC1)c1ccccn1. The van der Waals surface area contributed by atoms with Gasteiger partial charge in [-0.25, -0.2) is 0 Å². The van der Waals surface area contributed by atoms with E-state index in [9.17, 15) is 4.79 Å². The lowest BCUT2D eigenvalue weighted by Gasteiger charge is -2.21. The molecule has 1 fully saturated rings. The highest BCUT2D eigenvalue weighted by Crippen LogP contribution is 2.17. The lowest BCUT2D eigenvalue weighted by Crippen LogP contribution is -2.32. The first-order chi connectivity index (χ1) is 9.27. The molecular formula is C14H22N4O. The minimum atomic E-state index is -0.286. The van der Waals surface area contributed by atoms with Gasteiger partial charge in [-0.15, -0.1) is 0 Å². The topological polar surface area (TPSA) is 71.2 Å². The third-order valence-corrected chi connectivity index (χ3v) is 3.55. The van der Waals surface area contributed by atoms with Crippen LogP contribution in [0.3, 0.4) is 0 Å².